The number of hydrogen-bond acceptors (Lipinski definition) is 5. The molecule has 17 heavy (non-hydrogen) atoms. The molecule has 0 saturated carbocycles. The van der Waals surface area contributed by atoms with Crippen LogP contribution >= 0.6 is 0 Å². The fourth-order valence-corrected chi connectivity index (χ4v) is 4.80. The van der Waals surface area contributed by atoms with E-state index in [0.717, 1.165) is 25.8 Å². The van der Waals surface area contributed by atoms with Crippen LogP contribution in [0.2, 0.25) is 0 Å². The van der Waals surface area contributed by atoms with Crippen LogP contribution in [0.4, 0.5) is 0 Å². The van der Waals surface area contributed by atoms with Gasteiger partial charge in [-0.3, -0.25) is 4.90 Å². The highest BCUT2D eigenvalue weighted by Crippen LogP contribution is 2.27. The summed E-state index contributed by atoms with van der Waals surface area (Å²) in [6.07, 6.45) is 5.25. The molecule has 2 N–H and O–H groups in total. The Hall–Kier alpha value is -0.170. The number of rotatable bonds is 4. The van der Waals surface area contributed by atoms with Gasteiger partial charge in [-0.1, -0.05) is 6.42 Å². The Morgan fingerprint density at radius 1 is 1.29 bits per heavy atom. The third kappa shape index (κ3) is 3.40. The maximum Gasteiger partial charge on any atom is 0.151 e. The highest BCUT2D eigenvalue weighted by molar-refractivity contribution is 7.91. The molecule has 0 aromatic heterocycles. The molecule has 5 nitrogen and oxygen atoms in total. The van der Waals surface area contributed by atoms with Gasteiger partial charge in [0.1, 0.15) is 0 Å². The monoisotopic (exact) mass is 262 g/mol. The van der Waals surface area contributed by atoms with Gasteiger partial charge in [0.25, 0.3) is 0 Å². The lowest BCUT2D eigenvalue weighted by Gasteiger charge is -2.39. The zero-order valence-corrected chi connectivity index (χ0v) is 11.0. The normalized spacial score (nSPS) is 33.9. The lowest BCUT2D eigenvalue weighted by Crippen LogP contribution is -2.47. The van der Waals surface area contributed by atoms with Gasteiger partial charge in [0.2, 0.25) is 0 Å². The predicted molar refractivity (Wildman–Crippen MR) is 66.2 cm³/mol. The lowest BCUT2D eigenvalue weighted by molar-refractivity contribution is 0.0612. The molecule has 6 heteroatoms. The summed E-state index contributed by atoms with van der Waals surface area (Å²) in [5, 5.41) is 0. The largest absolute Gasteiger partial charge is 0.305 e. The Labute approximate surface area is 103 Å². The minimum atomic E-state index is -2.79. The molecule has 0 aliphatic carbocycles. The molecule has 100 valence electrons. The molecule has 0 amide bonds. The Kier molecular flexibility index (Phi) is 4.41. The molecule has 0 bridgehead atoms. The van der Waals surface area contributed by atoms with Crippen molar-refractivity contribution in [1.82, 2.24) is 4.90 Å². The van der Waals surface area contributed by atoms with Gasteiger partial charge < -0.3 is 4.84 Å². The molecular formula is C11H22N2O3S. The zero-order valence-electron chi connectivity index (χ0n) is 10.2. The SMILES string of the molecule is NOCCC1CCCCN1C1CCS(=O)(=O)C1. The van der Waals surface area contributed by atoms with Crippen LogP contribution in [0.3, 0.4) is 0 Å². The van der Waals surface area contributed by atoms with E-state index >= 15 is 0 Å². The summed E-state index contributed by atoms with van der Waals surface area (Å²) < 4.78 is 23.1. The van der Waals surface area contributed by atoms with Crippen LogP contribution in [-0.4, -0.2) is 50.1 Å². The van der Waals surface area contributed by atoms with Crippen molar-refractivity contribution in [1.29, 1.82) is 0 Å². The van der Waals surface area contributed by atoms with Crippen molar-refractivity contribution in [2.24, 2.45) is 5.90 Å². The minimum Gasteiger partial charge on any atom is -0.305 e. The standard InChI is InChI=1S/C11H22N2O3S/c12-16-7-4-10-3-1-2-6-13(10)11-5-8-17(14,15)9-11/h10-11H,1-9,12H2. The molecule has 2 atom stereocenters. The quantitative estimate of drug-likeness (QED) is 0.738. The number of nitrogens with two attached hydrogens (primary N) is 1. The molecular weight excluding hydrogens is 240 g/mol. The summed E-state index contributed by atoms with van der Waals surface area (Å²) in [4.78, 5) is 7.03. The van der Waals surface area contributed by atoms with Crippen molar-refractivity contribution in [3.8, 4) is 0 Å². The van der Waals surface area contributed by atoms with Crippen molar-refractivity contribution in [2.45, 2.75) is 44.2 Å². The Bertz CT molecular complexity index is 345. The van der Waals surface area contributed by atoms with E-state index in [0.29, 0.717) is 24.2 Å². The van der Waals surface area contributed by atoms with Gasteiger partial charge in [-0.25, -0.2) is 14.3 Å². The van der Waals surface area contributed by atoms with E-state index in [2.05, 4.69) is 9.74 Å². The van der Waals surface area contributed by atoms with Gasteiger partial charge >= 0.3 is 0 Å². The van der Waals surface area contributed by atoms with E-state index in [4.69, 9.17) is 5.90 Å². The first-order chi connectivity index (χ1) is 8.12. The molecule has 2 fully saturated rings. The van der Waals surface area contributed by atoms with Crippen LogP contribution in [0.5, 0.6) is 0 Å². The van der Waals surface area contributed by atoms with Crippen LogP contribution in [0, 0.1) is 0 Å². The van der Waals surface area contributed by atoms with Crippen molar-refractivity contribution < 1.29 is 13.3 Å². The highest BCUT2D eigenvalue weighted by Gasteiger charge is 2.36. The summed E-state index contributed by atoms with van der Waals surface area (Å²) in [6, 6.07) is 0.675. The number of piperidine rings is 1. The summed E-state index contributed by atoms with van der Waals surface area (Å²) >= 11 is 0. The first-order valence-electron chi connectivity index (χ1n) is 6.40. The van der Waals surface area contributed by atoms with Gasteiger partial charge in [0.15, 0.2) is 9.84 Å². The maximum absolute atomic E-state index is 11.5. The molecule has 2 aliphatic rings. The molecule has 0 radical (unpaired) electrons. The first-order valence-corrected chi connectivity index (χ1v) is 8.22. The van der Waals surface area contributed by atoms with E-state index in [1.165, 1.54) is 12.8 Å². The Morgan fingerprint density at radius 2 is 2.12 bits per heavy atom. The van der Waals surface area contributed by atoms with Gasteiger partial charge in [0.05, 0.1) is 18.1 Å². The molecule has 2 aliphatic heterocycles. The Morgan fingerprint density at radius 3 is 2.76 bits per heavy atom. The van der Waals surface area contributed by atoms with E-state index in [1.54, 1.807) is 0 Å². The third-order valence-corrected chi connectivity index (χ3v) is 5.67. The minimum absolute atomic E-state index is 0.225. The zero-order chi connectivity index (χ0) is 12.3. The Balaban J connectivity index is 1.96. The lowest BCUT2D eigenvalue weighted by atomic mass is 9.97. The van der Waals surface area contributed by atoms with Crippen molar-refractivity contribution in [2.75, 3.05) is 24.7 Å². The van der Waals surface area contributed by atoms with Crippen LogP contribution < -0.4 is 5.90 Å². The predicted octanol–water partition coefficient (Wildman–Crippen LogP) is 0.308. The van der Waals surface area contributed by atoms with Crippen LogP contribution in [0.15, 0.2) is 0 Å². The number of hydrogen-bond donors (Lipinski definition) is 1. The molecule has 2 saturated heterocycles. The van der Waals surface area contributed by atoms with Gasteiger partial charge in [0, 0.05) is 12.1 Å². The van der Waals surface area contributed by atoms with E-state index in [9.17, 15) is 8.42 Å². The van der Waals surface area contributed by atoms with Crippen molar-refractivity contribution >= 4 is 9.84 Å². The molecule has 0 aromatic carbocycles. The van der Waals surface area contributed by atoms with Crippen molar-refractivity contribution in [3.05, 3.63) is 0 Å². The molecule has 0 aromatic rings. The summed E-state index contributed by atoms with van der Waals surface area (Å²) in [6.45, 7) is 1.58. The molecule has 2 rings (SSSR count). The number of likely N-dealkylation sites (tertiary alicyclic amines) is 1. The second kappa shape index (κ2) is 5.65. The van der Waals surface area contributed by atoms with Gasteiger partial charge in [-0.15, -0.1) is 0 Å². The third-order valence-electron chi connectivity index (χ3n) is 3.92. The fraction of sp³-hybridized carbons (Fsp3) is 1.00. The van der Waals surface area contributed by atoms with Crippen LogP contribution in [0.1, 0.15) is 32.1 Å². The number of sulfone groups is 1. The average Bonchev–Trinajstić information content (AvgIpc) is 2.67. The van der Waals surface area contributed by atoms with Gasteiger partial charge in [-0.2, -0.15) is 0 Å². The average molecular weight is 262 g/mol. The van der Waals surface area contributed by atoms with E-state index in [-0.39, 0.29) is 6.04 Å². The highest BCUT2D eigenvalue weighted by atomic mass is 32.2. The topological polar surface area (TPSA) is 72.6 Å². The summed E-state index contributed by atoms with van der Waals surface area (Å²) in [5.41, 5.74) is 0. The van der Waals surface area contributed by atoms with Crippen LogP contribution in [-0.2, 0) is 14.7 Å². The van der Waals surface area contributed by atoms with Crippen LogP contribution in [0.25, 0.3) is 0 Å². The van der Waals surface area contributed by atoms with Gasteiger partial charge in [-0.05, 0) is 32.2 Å². The van der Waals surface area contributed by atoms with Crippen molar-refractivity contribution in [3.63, 3.8) is 0 Å². The second-order valence-corrected chi connectivity index (χ2v) is 7.33. The fourth-order valence-electron chi connectivity index (χ4n) is 3.05. The van der Waals surface area contributed by atoms with E-state index < -0.39 is 9.84 Å². The first kappa shape index (κ1) is 13.3. The summed E-state index contributed by atoms with van der Waals surface area (Å²) in [5.74, 6) is 5.77. The molecule has 0 spiro atoms. The van der Waals surface area contributed by atoms with E-state index in [1.807, 2.05) is 0 Å². The maximum atomic E-state index is 11.5. The molecule has 2 unspecified atom stereocenters. The number of nitrogens with zero attached hydrogens (tertiary/aromatic N) is 1. The second-order valence-electron chi connectivity index (χ2n) is 5.10. The molecule has 2 heterocycles. The summed E-state index contributed by atoms with van der Waals surface area (Å²) in [7, 11) is -2.79. The smallest absolute Gasteiger partial charge is 0.151 e.